The number of pyridine rings is 1. The Hall–Kier alpha value is -2.01. The van der Waals surface area contributed by atoms with Gasteiger partial charge in [0, 0.05) is 5.39 Å². The molecule has 6 heteroatoms. The fraction of sp³-hybridized carbons (Fsp3) is 0.0909. The van der Waals surface area contributed by atoms with Gasteiger partial charge in [0.25, 0.3) is 5.71 Å². The highest BCUT2D eigenvalue weighted by Crippen LogP contribution is 2.31. The number of methoxy groups -OCH3 is 1. The van der Waals surface area contributed by atoms with Crippen LogP contribution in [0.5, 0.6) is 5.75 Å². The molecule has 1 aromatic carbocycles. The van der Waals surface area contributed by atoms with Crippen LogP contribution >= 0.6 is 11.6 Å². The number of hydrogen-bond acceptors (Lipinski definition) is 5. The molecule has 0 unspecified atom stereocenters. The minimum absolute atomic E-state index is 0.323. The van der Waals surface area contributed by atoms with Crippen molar-refractivity contribution in [2.75, 3.05) is 12.8 Å². The van der Waals surface area contributed by atoms with Gasteiger partial charge in [0.15, 0.2) is 5.82 Å². The standard InChI is InChI=1S/C11H8ClN3O2/c1-16-9-3-5-2-6-10(13)15-17-11(6)14-8(5)4-7(9)12/h2-4H,1H3,(H2,13,15). The van der Waals surface area contributed by atoms with Crippen molar-refractivity contribution < 1.29 is 9.26 Å². The largest absolute Gasteiger partial charge is 0.495 e. The van der Waals surface area contributed by atoms with E-state index in [0.717, 1.165) is 5.39 Å². The topological polar surface area (TPSA) is 74.2 Å². The second kappa shape index (κ2) is 3.49. The molecule has 3 aromatic rings. The van der Waals surface area contributed by atoms with Gasteiger partial charge in [-0.05, 0) is 18.2 Å². The first kappa shape index (κ1) is 10.2. The van der Waals surface area contributed by atoms with E-state index in [-0.39, 0.29) is 0 Å². The second-order valence-corrected chi connectivity index (χ2v) is 4.00. The van der Waals surface area contributed by atoms with Crippen LogP contribution in [0, 0.1) is 0 Å². The third-order valence-electron chi connectivity index (χ3n) is 2.56. The summed E-state index contributed by atoms with van der Waals surface area (Å²) < 4.78 is 10.1. The molecule has 0 aliphatic rings. The highest BCUT2D eigenvalue weighted by Gasteiger charge is 2.10. The van der Waals surface area contributed by atoms with Crippen molar-refractivity contribution in [1.82, 2.24) is 10.1 Å². The summed E-state index contributed by atoms with van der Waals surface area (Å²) in [5.41, 5.74) is 6.77. The van der Waals surface area contributed by atoms with Crippen LogP contribution in [0.3, 0.4) is 0 Å². The van der Waals surface area contributed by atoms with Crippen LogP contribution in [0.1, 0.15) is 0 Å². The van der Waals surface area contributed by atoms with E-state index in [1.165, 1.54) is 0 Å². The van der Waals surface area contributed by atoms with E-state index in [0.29, 0.717) is 33.2 Å². The number of aromatic nitrogens is 2. The van der Waals surface area contributed by atoms with Gasteiger partial charge in [-0.2, -0.15) is 0 Å². The fourth-order valence-electron chi connectivity index (χ4n) is 1.71. The first-order valence-electron chi connectivity index (χ1n) is 4.88. The molecule has 0 saturated heterocycles. The van der Waals surface area contributed by atoms with Gasteiger partial charge in [0.2, 0.25) is 0 Å². The molecular weight excluding hydrogens is 242 g/mol. The first-order valence-corrected chi connectivity index (χ1v) is 5.26. The van der Waals surface area contributed by atoms with Gasteiger partial charge in [0.05, 0.1) is 23.0 Å². The molecule has 0 saturated carbocycles. The van der Waals surface area contributed by atoms with Gasteiger partial charge >= 0.3 is 0 Å². The summed E-state index contributed by atoms with van der Waals surface area (Å²) >= 11 is 6.02. The predicted molar refractivity (Wildman–Crippen MR) is 65.3 cm³/mol. The lowest BCUT2D eigenvalue weighted by molar-refractivity contribution is 0.415. The van der Waals surface area contributed by atoms with Gasteiger partial charge in [0.1, 0.15) is 5.75 Å². The van der Waals surface area contributed by atoms with Crippen LogP contribution in [-0.4, -0.2) is 17.3 Å². The van der Waals surface area contributed by atoms with E-state index in [1.807, 2.05) is 6.07 Å². The van der Waals surface area contributed by atoms with Crippen molar-refractivity contribution in [1.29, 1.82) is 0 Å². The van der Waals surface area contributed by atoms with E-state index in [2.05, 4.69) is 10.1 Å². The molecule has 3 rings (SSSR count). The lowest BCUT2D eigenvalue weighted by atomic mass is 10.2. The number of halogens is 1. The third kappa shape index (κ3) is 1.47. The maximum Gasteiger partial charge on any atom is 0.260 e. The molecule has 2 aromatic heterocycles. The number of nitrogens with zero attached hydrogens (tertiary/aromatic N) is 2. The number of nitrogens with two attached hydrogens (primary N) is 1. The zero-order chi connectivity index (χ0) is 12.0. The van der Waals surface area contributed by atoms with Gasteiger partial charge in [-0.1, -0.05) is 16.8 Å². The molecule has 2 N–H and O–H groups in total. The Bertz CT molecular complexity index is 723. The monoisotopic (exact) mass is 249 g/mol. The number of anilines is 1. The molecule has 0 aliphatic heterocycles. The number of ether oxygens (including phenoxy) is 1. The number of rotatable bonds is 1. The van der Waals surface area contributed by atoms with Crippen molar-refractivity contribution >= 4 is 39.4 Å². The molecule has 0 bridgehead atoms. The lowest BCUT2D eigenvalue weighted by Crippen LogP contribution is -1.87. The average molecular weight is 250 g/mol. The number of hydrogen-bond donors (Lipinski definition) is 1. The van der Waals surface area contributed by atoms with Gasteiger partial charge in [-0.15, -0.1) is 0 Å². The molecule has 0 radical (unpaired) electrons. The molecule has 17 heavy (non-hydrogen) atoms. The molecule has 0 atom stereocenters. The Labute approximate surface area is 101 Å². The summed E-state index contributed by atoms with van der Waals surface area (Å²) in [5.74, 6) is 0.915. The van der Waals surface area contributed by atoms with Crippen molar-refractivity contribution in [3.8, 4) is 5.75 Å². The van der Waals surface area contributed by atoms with Crippen LogP contribution in [-0.2, 0) is 0 Å². The number of fused-ring (bicyclic) bond motifs is 2. The maximum absolute atomic E-state index is 6.02. The second-order valence-electron chi connectivity index (χ2n) is 3.59. The number of nitrogen functional groups attached to an aromatic ring is 1. The average Bonchev–Trinajstić information content (AvgIpc) is 2.67. The molecule has 86 valence electrons. The Morgan fingerprint density at radius 3 is 2.94 bits per heavy atom. The van der Waals surface area contributed by atoms with E-state index < -0.39 is 0 Å². The van der Waals surface area contributed by atoms with Crippen LogP contribution in [0.4, 0.5) is 5.82 Å². The molecular formula is C11H8ClN3O2. The van der Waals surface area contributed by atoms with Gasteiger partial charge in [-0.25, -0.2) is 4.98 Å². The van der Waals surface area contributed by atoms with Crippen molar-refractivity contribution in [2.24, 2.45) is 0 Å². The van der Waals surface area contributed by atoms with Crippen LogP contribution < -0.4 is 10.5 Å². The van der Waals surface area contributed by atoms with Gasteiger partial charge in [-0.3, -0.25) is 0 Å². The lowest BCUT2D eigenvalue weighted by Gasteiger charge is -2.04. The zero-order valence-corrected chi connectivity index (χ0v) is 9.65. The Morgan fingerprint density at radius 2 is 2.18 bits per heavy atom. The summed E-state index contributed by atoms with van der Waals surface area (Å²) in [6, 6.07) is 5.37. The van der Waals surface area contributed by atoms with Crippen molar-refractivity contribution in [3.63, 3.8) is 0 Å². The quantitative estimate of drug-likeness (QED) is 0.718. The van der Waals surface area contributed by atoms with Crippen LogP contribution in [0.25, 0.3) is 22.0 Å². The Kier molecular flexibility index (Phi) is 2.09. The zero-order valence-electron chi connectivity index (χ0n) is 8.90. The predicted octanol–water partition coefficient (Wildman–Crippen LogP) is 2.62. The van der Waals surface area contributed by atoms with E-state index in [4.69, 9.17) is 26.6 Å². The fourth-order valence-corrected chi connectivity index (χ4v) is 1.94. The van der Waals surface area contributed by atoms with Gasteiger partial charge < -0.3 is 15.0 Å². The molecule has 0 fully saturated rings. The Balaban J connectivity index is 2.41. The summed E-state index contributed by atoms with van der Waals surface area (Å²) in [6.45, 7) is 0. The molecule has 2 heterocycles. The van der Waals surface area contributed by atoms with Crippen LogP contribution in [0.15, 0.2) is 22.7 Å². The van der Waals surface area contributed by atoms with E-state index in [1.54, 1.807) is 19.2 Å². The molecule has 0 spiro atoms. The molecule has 0 amide bonds. The highest BCUT2D eigenvalue weighted by molar-refractivity contribution is 6.32. The third-order valence-corrected chi connectivity index (χ3v) is 2.86. The highest BCUT2D eigenvalue weighted by atomic mass is 35.5. The summed E-state index contributed by atoms with van der Waals surface area (Å²) in [5, 5.41) is 5.71. The molecule has 5 nitrogen and oxygen atoms in total. The number of benzene rings is 1. The van der Waals surface area contributed by atoms with Crippen LogP contribution in [0.2, 0.25) is 5.02 Å². The smallest absolute Gasteiger partial charge is 0.260 e. The maximum atomic E-state index is 6.02. The van der Waals surface area contributed by atoms with Crippen molar-refractivity contribution in [3.05, 3.63) is 23.2 Å². The SMILES string of the molecule is COc1cc2cc3c(N)noc3nc2cc1Cl. The first-order chi connectivity index (χ1) is 8.19. The summed E-state index contributed by atoms with van der Waals surface area (Å²) in [6.07, 6.45) is 0. The minimum atomic E-state index is 0.323. The summed E-state index contributed by atoms with van der Waals surface area (Å²) in [7, 11) is 1.56. The molecule has 0 aliphatic carbocycles. The van der Waals surface area contributed by atoms with E-state index >= 15 is 0 Å². The normalized spacial score (nSPS) is 11.2. The summed E-state index contributed by atoms with van der Waals surface area (Å²) in [4.78, 5) is 4.29. The van der Waals surface area contributed by atoms with Crippen molar-refractivity contribution in [2.45, 2.75) is 0 Å². The minimum Gasteiger partial charge on any atom is -0.495 e. The Morgan fingerprint density at radius 1 is 1.35 bits per heavy atom. The van der Waals surface area contributed by atoms with E-state index in [9.17, 15) is 0 Å².